The molecule has 0 fully saturated rings. The van der Waals surface area contributed by atoms with Crippen molar-refractivity contribution in [2.75, 3.05) is 5.73 Å². The van der Waals surface area contributed by atoms with Gasteiger partial charge in [-0.15, -0.1) is 0 Å². The molecule has 0 spiro atoms. The number of carbonyl (C=O) groups is 1. The van der Waals surface area contributed by atoms with E-state index in [-0.39, 0.29) is 5.78 Å². The Morgan fingerprint density at radius 2 is 1.91 bits per heavy atom. The fraction of sp³-hybridized carbons (Fsp3) is 0.0588. The number of ketones is 1. The number of anilines is 1. The number of benzene rings is 2. The first-order valence-electron chi connectivity index (χ1n) is 6.77. The highest BCUT2D eigenvalue weighted by Crippen LogP contribution is 2.22. The molecule has 0 aliphatic carbocycles. The van der Waals surface area contributed by atoms with Gasteiger partial charge in [0.1, 0.15) is 5.82 Å². The largest absolute Gasteiger partial charge is 0.383 e. The minimum absolute atomic E-state index is 0.147. The van der Waals surface area contributed by atoms with Gasteiger partial charge in [0, 0.05) is 10.6 Å². The monoisotopic (exact) mass is 311 g/mol. The molecule has 5 heteroatoms. The van der Waals surface area contributed by atoms with E-state index < -0.39 is 0 Å². The van der Waals surface area contributed by atoms with Crippen molar-refractivity contribution in [2.45, 2.75) is 6.92 Å². The number of carbonyl (C=O) groups excluding carboxylic acids is 1. The number of nitrogens with two attached hydrogens (primary N) is 1. The minimum Gasteiger partial charge on any atom is -0.383 e. The lowest BCUT2D eigenvalue weighted by molar-refractivity contribution is 0.103. The maximum Gasteiger partial charge on any atom is 0.198 e. The highest BCUT2D eigenvalue weighted by molar-refractivity contribution is 6.30. The Morgan fingerprint density at radius 3 is 2.59 bits per heavy atom. The third-order valence-corrected chi connectivity index (χ3v) is 3.65. The van der Waals surface area contributed by atoms with E-state index in [4.69, 9.17) is 17.3 Å². The number of aromatic nitrogens is 2. The SMILES string of the molecule is Cc1ccc(C(=O)c2cnn(-c3cccc(Cl)c3)c2N)cc1. The lowest BCUT2D eigenvalue weighted by Crippen LogP contribution is -2.07. The summed E-state index contributed by atoms with van der Waals surface area (Å²) in [6.07, 6.45) is 1.48. The van der Waals surface area contributed by atoms with Gasteiger partial charge in [0.15, 0.2) is 5.78 Å². The Labute approximate surface area is 133 Å². The third-order valence-electron chi connectivity index (χ3n) is 3.42. The van der Waals surface area contributed by atoms with Crippen LogP contribution in [0, 0.1) is 6.92 Å². The van der Waals surface area contributed by atoms with Crippen molar-refractivity contribution in [1.82, 2.24) is 9.78 Å². The van der Waals surface area contributed by atoms with Crippen LogP contribution in [-0.4, -0.2) is 15.6 Å². The molecule has 1 aromatic heterocycles. The van der Waals surface area contributed by atoms with Crippen molar-refractivity contribution in [3.63, 3.8) is 0 Å². The first-order chi connectivity index (χ1) is 10.6. The van der Waals surface area contributed by atoms with Crippen molar-refractivity contribution in [3.8, 4) is 5.69 Å². The van der Waals surface area contributed by atoms with E-state index in [1.807, 2.05) is 25.1 Å². The van der Waals surface area contributed by atoms with Gasteiger partial charge in [-0.1, -0.05) is 47.5 Å². The predicted octanol–water partition coefficient (Wildman–Crippen LogP) is 3.65. The molecular formula is C17H14ClN3O. The summed E-state index contributed by atoms with van der Waals surface area (Å²) in [6.45, 7) is 1.97. The molecule has 22 heavy (non-hydrogen) atoms. The molecule has 0 saturated heterocycles. The number of hydrogen-bond acceptors (Lipinski definition) is 3. The second kappa shape index (κ2) is 5.66. The van der Waals surface area contributed by atoms with Gasteiger partial charge in [-0.25, -0.2) is 4.68 Å². The van der Waals surface area contributed by atoms with Crippen LogP contribution in [0.25, 0.3) is 5.69 Å². The van der Waals surface area contributed by atoms with E-state index in [0.29, 0.717) is 27.7 Å². The number of aryl methyl sites for hydroxylation is 1. The Bertz CT molecular complexity index is 837. The molecule has 0 unspecified atom stereocenters. The quantitative estimate of drug-likeness (QED) is 0.751. The van der Waals surface area contributed by atoms with Crippen LogP contribution in [-0.2, 0) is 0 Å². The second-order valence-corrected chi connectivity index (χ2v) is 5.47. The van der Waals surface area contributed by atoms with Gasteiger partial charge in [-0.3, -0.25) is 4.79 Å². The molecule has 1 heterocycles. The highest BCUT2D eigenvalue weighted by Gasteiger charge is 2.17. The summed E-state index contributed by atoms with van der Waals surface area (Å²) < 4.78 is 1.51. The Kier molecular flexibility index (Phi) is 3.69. The summed E-state index contributed by atoms with van der Waals surface area (Å²) in [5.41, 5.74) is 8.87. The normalized spacial score (nSPS) is 10.6. The van der Waals surface area contributed by atoms with E-state index in [9.17, 15) is 4.79 Å². The molecule has 2 N–H and O–H groups in total. The topological polar surface area (TPSA) is 60.9 Å². The van der Waals surface area contributed by atoms with Gasteiger partial charge in [0.25, 0.3) is 0 Å². The summed E-state index contributed by atoms with van der Waals surface area (Å²) in [5, 5.41) is 4.79. The van der Waals surface area contributed by atoms with Crippen molar-refractivity contribution < 1.29 is 4.79 Å². The lowest BCUT2D eigenvalue weighted by Gasteiger charge is -2.05. The summed E-state index contributed by atoms with van der Waals surface area (Å²) in [4.78, 5) is 12.5. The molecule has 0 aliphatic rings. The van der Waals surface area contributed by atoms with Crippen molar-refractivity contribution >= 4 is 23.2 Å². The number of halogens is 1. The fourth-order valence-corrected chi connectivity index (χ4v) is 2.39. The number of nitrogens with zero attached hydrogens (tertiary/aromatic N) is 2. The highest BCUT2D eigenvalue weighted by atomic mass is 35.5. The van der Waals surface area contributed by atoms with Crippen molar-refractivity contribution in [3.05, 3.63) is 76.4 Å². The van der Waals surface area contributed by atoms with Crippen LogP contribution in [0.5, 0.6) is 0 Å². The van der Waals surface area contributed by atoms with Gasteiger partial charge >= 0.3 is 0 Å². The maximum absolute atomic E-state index is 12.5. The average Bonchev–Trinajstić information content (AvgIpc) is 2.89. The molecule has 0 radical (unpaired) electrons. The Balaban J connectivity index is 2.00. The molecule has 4 nitrogen and oxygen atoms in total. The molecule has 0 saturated carbocycles. The molecule has 0 atom stereocenters. The number of hydrogen-bond donors (Lipinski definition) is 1. The van der Waals surface area contributed by atoms with Crippen LogP contribution in [0.1, 0.15) is 21.5 Å². The van der Waals surface area contributed by atoms with E-state index in [1.165, 1.54) is 10.9 Å². The molecule has 2 aromatic carbocycles. The van der Waals surface area contributed by atoms with Crippen LogP contribution >= 0.6 is 11.6 Å². The predicted molar refractivity (Wildman–Crippen MR) is 87.6 cm³/mol. The van der Waals surface area contributed by atoms with Gasteiger partial charge in [0.05, 0.1) is 17.4 Å². The molecule has 0 amide bonds. The number of rotatable bonds is 3. The average molecular weight is 312 g/mol. The van der Waals surface area contributed by atoms with Gasteiger partial charge < -0.3 is 5.73 Å². The van der Waals surface area contributed by atoms with Gasteiger partial charge in [-0.05, 0) is 25.1 Å². The van der Waals surface area contributed by atoms with Crippen molar-refractivity contribution in [1.29, 1.82) is 0 Å². The third kappa shape index (κ3) is 2.61. The van der Waals surface area contributed by atoms with E-state index >= 15 is 0 Å². The zero-order valence-electron chi connectivity index (χ0n) is 12.0. The molecule has 0 bridgehead atoms. The van der Waals surface area contributed by atoms with Gasteiger partial charge in [-0.2, -0.15) is 5.10 Å². The minimum atomic E-state index is -0.147. The van der Waals surface area contributed by atoms with E-state index in [2.05, 4.69) is 5.10 Å². The molecular weight excluding hydrogens is 298 g/mol. The van der Waals surface area contributed by atoms with Crippen LogP contribution in [0.3, 0.4) is 0 Å². The van der Waals surface area contributed by atoms with Crippen LogP contribution in [0.2, 0.25) is 5.02 Å². The zero-order valence-corrected chi connectivity index (χ0v) is 12.7. The first-order valence-corrected chi connectivity index (χ1v) is 7.15. The van der Waals surface area contributed by atoms with E-state index in [0.717, 1.165) is 5.56 Å². The summed E-state index contributed by atoms with van der Waals surface area (Å²) in [6, 6.07) is 14.5. The summed E-state index contributed by atoms with van der Waals surface area (Å²) >= 11 is 5.98. The van der Waals surface area contributed by atoms with Crippen LogP contribution < -0.4 is 5.73 Å². The lowest BCUT2D eigenvalue weighted by atomic mass is 10.0. The Hall–Kier alpha value is -2.59. The van der Waals surface area contributed by atoms with E-state index in [1.54, 1.807) is 30.3 Å². The second-order valence-electron chi connectivity index (χ2n) is 5.03. The zero-order chi connectivity index (χ0) is 15.7. The standard InChI is InChI=1S/C17H14ClN3O/c1-11-5-7-12(8-6-11)16(22)15-10-20-21(17(15)19)14-4-2-3-13(18)9-14/h2-10H,19H2,1H3. The fourth-order valence-electron chi connectivity index (χ4n) is 2.21. The summed E-state index contributed by atoms with van der Waals surface area (Å²) in [7, 11) is 0. The van der Waals surface area contributed by atoms with Crippen molar-refractivity contribution in [2.24, 2.45) is 0 Å². The summed E-state index contributed by atoms with van der Waals surface area (Å²) in [5.74, 6) is 0.151. The maximum atomic E-state index is 12.5. The molecule has 0 aliphatic heterocycles. The van der Waals surface area contributed by atoms with Crippen LogP contribution in [0.15, 0.2) is 54.7 Å². The molecule has 3 rings (SSSR count). The van der Waals surface area contributed by atoms with Crippen LogP contribution in [0.4, 0.5) is 5.82 Å². The number of nitrogen functional groups attached to an aromatic ring is 1. The molecule has 3 aromatic rings. The smallest absolute Gasteiger partial charge is 0.198 e. The van der Waals surface area contributed by atoms with Gasteiger partial charge in [0.2, 0.25) is 0 Å². The Morgan fingerprint density at radius 1 is 1.18 bits per heavy atom. The first kappa shape index (κ1) is 14.4. The molecule has 110 valence electrons.